The first-order valence-electron chi connectivity index (χ1n) is 19.3. The summed E-state index contributed by atoms with van der Waals surface area (Å²) in [5.74, 6) is -14.2. The minimum atomic E-state index is -1.88. The van der Waals surface area contributed by atoms with Gasteiger partial charge in [-0.1, -0.05) is 34.1 Å². The Balaban J connectivity index is 3.37. The van der Waals surface area contributed by atoms with Gasteiger partial charge in [-0.3, -0.25) is 47.9 Å². The molecule has 9 atom stereocenters. The van der Waals surface area contributed by atoms with E-state index >= 15 is 0 Å². The number of amides is 7. The fourth-order valence-electron chi connectivity index (χ4n) is 6.09. The maximum atomic E-state index is 13.8. The number of carbonyl (C=O) groups is 11. The molecule has 0 aromatic rings. The number of carboxylic acids is 4. The van der Waals surface area contributed by atoms with Gasteiger partial charge < -0.3 is 68.1 Å². The molecule has 1 rings (SSSR count). The van der Waals surface area contributed by atoms with Crippen molar-refractivity contribution in [2.24, 2.45) is 17.6 Å². The van der Waals surface area contributed by atoms with Crippen LogP contribution in [0.5, 0.6) is 0 Å². The van der Waals surface area contributed by atoms with Crippen LogP contribution < -0.4 is 37.6 Å². The van der Waals surface area contributed by atoms with Crippen molar-refractivity contribution in [1.82, 2.24) is 36.8 Å². The van der Waals surface area contributed by atoms with Gasteiger partial charge in [0, 0.05) is 19.4 Å². The molecule has 1 aliphatic heterocycles. The minimum Gasteiger partial charge on any atom is -0.481 e. The number of likely N-dealkylation sites (tertiary alicyclic amines) is 1. The number of carbonyl (C=O) groups excluding carboxylic acids is 7. The summed E-state index contributed by atoms with van der Waals surface area (Å²) in [6.45, 7) is 7.19. The average Bonchev–Trinajstić information content (AvgIpc) is 3.66. The van der Waals surface area contributed by atoms with Crippen LogP contribution in [0.2, 0.25) is 0 Å². The topological polar surface area (TPSA) is 390 Å². The molecule has 13 N–H and O–H groups in total. The second-order valence-electron chi connectivity index (χ2n) is 14.8. The SMILES string of the molecule is CCC(C)C(NC(=O)C(NC(=O)C1CCCN1C(=O)CN)C(C)O)C(=O)NC(CCC(=O)O)C(=O)NC(CCC(=O)O)C(=O)NC(C(=O)NC(CC(=O)O)C(=O)O)C(C)C. The highest BCUT2D eigenvalue weighted by Gasteiger charge is 2.39. The van der Waals surface area contributed by atoms with E-state index in [4.69, 9.17) is 10.8 Å². The smallest absolute Gasteiger partial charge is 0.326 e. The molecule has 338 valence electrons. The maximum absolute atomic E-state index is 13.8. The van der Waals surface area contributed by atoms with Crippen LogP contribution in [0.25, 0.3) is 0 Å². The molecule has 60 heavy (non-hydrogen) atoms. The number of aliphatic hydroxyl groups excluding tert-OH is 1. The standard InChI is InChI=1S/C36H58N8O16/c1-6-17(4)28(42-35(58)29(18(5)45)43-32(55)22-8-7-13-44(22)23(46)15-37)34(57)39-19(9-11-24(47)48)30(53)38-20(10-12-25(49)50)31(54)41-27(16(2)3)33(56)40-21(36(59)60)14-26(51)52/h16-22,27-29,45H,6-15,37H2,1-5H3,(H,38,53)(H,39,57)(H,40,56)(H,41,54)(H,42,58)(H,43,55)(H,47,48)(H,49,50)(H,51,52)(H,59,60). The lowest BCUT2D eigenvalue weighted by Gasteiger charge is -2.30. The van der Waals surface area contributed by atoms with Crippen molar-refractivity contribution in [1.29, 1.82) is 0 Å². The molecule has 1 heterocycles. The maximum Gasteiger partial charge on any atom is 0.326 e. The van der Waals surface area contributed by atoms with Gasteiger partial charge in [0.15, 0.2) is 0 Å². The van der Waals surface area contributed by atoms with E-state index in [1.165, 1.54) is 25.7 Å². The highest BCUT2D eigenvalue weighted by atomic mass is 16.4. The summed E-state index contributed by atoms with van der Waals surface area (Å²) in [6, 6.07) is -10.9. The molecule has 0 radical (unpaired) electrons. The quantitative estimate of drug-likeness (QED) is 0.0397. The highest BCUT2D eigenvalue weighted by Crippen LogP contribution is 2.18. The molecule has 1 fully saturated rings. The van der Waals surface area contributed by atoms with Crippen molar-refractivity contribution in [3.63, 3.8) is 0 Å². The van der Waals surface area contributed by atoms with Gasteiger partial charge in [0.1, 0.15) is 42.3 Å². The van der Waals surface area contributed by atoms with Crippen molar-refractivity contribution >= 4 is 65.2 Å². The van der Waals surface area contributed by atoms with E-state index in [1.807, 2.05) is 5.32 Å². The van der Waals surface area contributed by atoms with Crippen LogP contribution in [0, 0.1) is 11.8 Å². The molecule has 0 saturated carbocycles. The van der Waals surface area contributed by atoms with E-state index in [0.29, 0.717) is 6.42 Å². The van der Waals surface area contributed by atoms with E-state index in [1.54, 1.807) is 13.8 Å². The zero-order chi connectivity index (χ0) is 46.0. The zero-order valence-corrected chi connectivity index (χ0v) is 34.1. The summed E-state index contributed by atoms with van der Waals surface area (Å²) in [5.41, 5.74) is 5.45. The normalized spacial score (nSPS) is 17.6. The summed E-state index contributed by atoms with van der Waals surface area (Å²) < 4.78 is 0. The molecule has 7 amide bonds. The van der Waals surface area contributed by atoms with Gasteiger partial charge >= 0.3 is 23.9 Å². The van der Waals surface area contributed by atoms with Gasteiger partial charge in [-0.05, 0) is 44.4 Å². The van der Waals surface area contributed by atoms with Crippen molar-refractivity contribution in [3.8, 4) is 0 Å². The molecule has 0 aromatic carbocycles. The Bertz CT molecular complexity index is 1610. The fourth-order valence-corrected chi connectivity index (χ4v) is 6.09. The van der Waals surface area contributed by atoms with Gasteiger partial charge in [0.05, 0.1) is 19.1 Å². The van der Waals surface area contributed by atoms with Crippen molar-refractivity contribution < 1.29 is 78.3 Å². The molecule has 9 unspecified atom stereocenters. The lowest BCUT2D eigenvalue weighted by molar-refractivity contribution is -0.147. The van der Waals surface area contributed by atoms with Crippen molar-refractivity contribution in [3.05, 3.63) is 0 Å². The van der Waals surface area contributed by atoms with Gasteiger partial charge in [0.25, 0.3) is 0 Å². The zero-order valence-electron chi connectivity index (χ0n) is 34.1. The Morgan fingerprint density at radius 3 is 1.55 bits per heavy atom. The predicted octanol–water partition coefficient (Wildman–Crippen LogP) is -3.78. The summed E-state index contributed by atoms with van der Waals surface area (Å²) in [5, 5.41) is 61.4. The number of nitrogens with two attached hydrogens (primary N) is 1. The second kappa shape index (κ2) is 24.9. The number of aliphatic hydroxyl groups is 1. The molecule has 24 nitrogen and oxygen atoms in total. The lowest BCUT2D eigenvalue weighted by atomic mass is 9.96. The van der Waals surface area contributed by atoms with Crippen molar-refractivity contribution in [2.75, 3.05) is 13.1 Å². The third-order valence-corrected chi connectivity index (χ3v) is 9.71. The lowest BCUT2D eigenvalue weighted by Crippen LogP contribution is -2.62. The van der Waals surface area contributed by atoms with Gasteiger partial charge in [-0.2, -0.15) is 0 Å². The molecule has 0 aromatic heterocycles. The van der Waals surface area contributed by atoms with Crippen LogP contribution in [0.15, 0.2) is 0 Å². The summed E-state index contributed by atoms with van der Waals surface area (Å²) in [6.07, 6.45) is -4.11. The number of hydrogen-bond donors (Lipinski definition) is 12. The van der Waals surface area contributed by atoms with Crippen LogP contribution >= 0.6 is 0 Å². The average molecular weight is 859 g/mol. The third kappa shape index (κ3) is 16.8. The van der Waals surface area contributed by atoms with Crippen LogP contribution in [0.1, 0.15) is 86.0 Å². The summed E-state index contributed by atoms with van der Waals surface area (Å²) >= 11 is 0. The van der Waals surface area contributed by atoms with Gasteiger partial charge in [0.2, 0.25) is 41.4 Å². The van der Waals surface area contributed by atoms with Crippen LogP contribution in [0.3, 0.4) is 0 Å². The van der Waals surface area contributed by atoms with E-state index in [9.17, 15) is 73.2 Å². The molecule has 24 heteroatoms. The Kier molecular flexibility index (Phi) is 21.6. The summed E-state index contributed by atoms with van der Waals surface area (Å²) in [4.78, 5) is 140. The molecular formula is C36H58N8O16. The molecular weight excluding hydrogens is 800 g/mol. The first-order valence-corrected chi connectivity index (χ1v) is 19.3. The van der Waals surface area contributed by atoms with Crippen molar-refractivity contribution in [2.45, 2.75) is 134 Å². The number of hydrogen-bond acceptors (Lipinski definition) is 13. The number of aliphatic carboxylic acids is 4. The minimum absolute atomic E-state index is 0.248. The molecule has 1 saturated heterocycles. The van der Waals surface area contributed by atoms with Crippen LogP contribution in [-0.2, 0) is 52.7 Å². The number of rotatable bonds is 26. The first kappa shape index (κ1) is 52.1. The van der Waals surface area contributed by atoms with Gasteiger partial charge in [-0.15, -0.1) is 0 Å². The molecule has 0 aliphatic carbocycles. The van der Waals surface area contributed by atoms with Crippen LogP contribution in [0.4, 0.5) is 0 Å². The van der Waals surface area contributed by atoms with E-state index in [2.05, 4.69) is 26.6 Å². The molecule has 0 bridgehead atoms. The van der Waals surface area contributed by atoms with E-state index in [-0.39, 0.29) is 25.9 Å². The number of carboxylic acid groups (broad SMARTS) is 4. The Morgan fingerprint density at radius 1 is 0.633 bits per heavy atom. The monoisotopic (exact) mass is 858 g/mol. The van der Waals surface area contributed by atoms with Crippen LogP contribution in [-0.4, -0.2) is 157 Å². The molecule has 0 spiro atoms. The van der Waals surface area contributed by atoms with Gasteiger partial charge in [-0.25, -0.2) is 4.79 Å². The Hall–Kier alpha value is -5.91. The Labute approximate surface area is 345 Å². The first-order chi connectivity index (χ1) is 27.9. The van der Waals surface area contributed by atoms with E-state index in [0.717, 1.165) is 0 Å². The predicted molar refractivity (Wildman–Crippen MR) is 205 cm³/mol. The summed E-state index contributed by atoms with van der Waals surface area (Å²) in [7, 11) is 0. The third-order valence-electron chi connectivity index (χ3n) is 9.71. The number of nitrogens with one attached hydrogen (secondary N) is 6. The second-order valence-corrected chi connectivity index (χ2v) is 14.8. The highest BCUT2D eigenvalue weighted by molar-refractivity contribution is 5.98. The Morgan fingerprint density at radius 2 is 1.10 bits per heavy atom. The largest absolute Gasteiger partial charge is 0.481 e. The number of nitrogens with zero attached hydrogens (tertiary/aromatic N) is 1. The van der Waals surface area contributed by atoms with E-state index < -0.39 is 158 Å². The molecule has 1 aliphatic rings. The fraction of sp³-hybridized carbons (Fsp3) is 0.694.